The van der Waals surface area contributed by atoms with Crippen molar-refractivity contribution in [3.8, 4) is 5.88 Å². The van der Waals surface area contributed by atoms with Crippen LogP contribution in [0.3, 0.4) is 0 Å². The van der Waals surface area contributed by atoms with E-state index in [-0.39, 0.29) is 28.6 Å². The Hall–Kier alpha value is -5.95. The van der Waals surface area contributed by atoms with E-state index in [1.165, 1.54) is 23.4 Å². The fourth-order valence-electron chi connectivity index (χ4n) is 12.6. The standard InChI is InChI=1S/C54H66N8O9S/c1-34(2)40-6-4-5-7-43(40)60-23-25-70-32-48(60)37-29-54(30-37)18-21-59(22-19-54)38-8-10-41(45(27-38)61-44-15-24-69-33-49(44)71-52-47(61)26-36-14-20-55-50(36)57-52)51(63)58-72(67,68)39-9-11-42(46(28-39)62(65)66)56-31-35-12-16-53(3,64)17-13-35/h4-11,14,20,26-28,34-35,37,44,48-49,56,64H,12-13,15-19,21-25,29-33H2,1-3H3,(H,55,57)(H,58,63)/t35-,44-,48-,49-,53-/m0/s1. The monoisotopic (exact) mass is 1000 g/mol. The zero-order valence-electron chi connectivity index (χ0n) is 41.3. The number of pyridine rings is 1. The number of aromatic amines is 1. The number of H-pyrrole nitrogens is 1. The van der Waals surface area contributed by atoms with Gasteiger partial charge in [0.15, 0.2) is 0 Å². The van der Waals surface area contributed by atoms with Gasteiger partial charge < -0.3 is 44.3 Å². The molecule has 72 heavy (non-hydrogen) atoms. The van der Waals surface area contributed by atoms with E-state index in [9.17, 15) is 28.4 Å². The molecule has 2 saturated carbocycles. The van der Waals surface area contributed by atoms with Crippen LogP contribution in [0.2, 0.25) is 0 Å². The lowest BCUT2D eigenvalue weighted by atomic mass is 9.55. The minimum Gasteiger partial charge on any atom is -0.468 e. The number of rotatable bonds is 12. The largest absolute Gasteiger partial charge is 0.468 e. The van der Waals surface area contributed by atoms with Crippen LogP contribution in [0.5, 0.6) is 5.88 Å². The van der Waals surface area contributed by atoms with Crippen molar-refractivity contribution in [2.45, 2.75) is 113 Å². The van der Waals surface area contributed by atoms with Crippen molar-refractivity contribution in [1.29, 1.82) is 0 Å². The summed E-state index contributed by atoms with van der Waals surface area (Å²) in [6, 6.07) is 22.0. The Labute approximate surface area is 420 Å². The maximum atomic E-state index is 14.7. The van der Waals surface area contributed by atoms with Crippen LogP contribution in [0.15, 0.2) is 83.9 Å². The van der Waals surface area contributed by atoms with Crippen LogP contribution in [-0.2, 0) is 19.5 Å². The second-order valence-corrected chi connectivity index (χ2v) is 23.5. The predicted molar refractivity (Wildman–Crippen MR) is 276 cm³/mol. The smallest absolute Gasteiger partial charge is 0.293 e. The van der Waals surface area contributed by atoms with Gasteiger partial charge in [0, 0.05) is 61.8 Å². The molecule has 0 unspecified atom stereocenters. The summed E-state index contributed by atoms with van der Waals surface area (Å²) >= 11 is 0. The highest BCUT2D eigenvalue weighted by Crippen LogP contribution is 2.56. The van der Waals surface area contributed by atoms with Crippen LogP contribution in [0.1, 0.15) is 100 Å². The number of benzene rings is 3. The van der Waals surface area contributed by atoms with E-state index in [2.05, 4.69) is 67.8 Å². The molecule has 5 aromatic rings. The van der Waals surface area contributed by atoms with Crippen molar-refractivity contribution >= 4 is 61.1 Å². The third kappa shape index (κ3) is 9.35. The number of carbonyl (C=O) groups is 1. The maximum Gasteiger partial charge on any atom is 0.293 e. The molecule has 2 aliphatic carbocycles. The van der Waals surface area contributed by atoms with Crippen molar-refractivity contribution in [3.05, 3.63) is 100 Å². The second-order valence-electron chi connectivity index (χ2n) is 21.8. The van der Waals surface area contributed by atoms with Gasteiger partial charge in [0.05, 0.1) is 58.6 Å². The number of para-hydroxylation sites is 1. The molecule has 17 nitrogen and oxygen atoms in total. The van der Waals surface area contributed by atoms with E-state index in [0.29, 0.717) is 79.8 Å². The molecule has 1 amide bonds. The van der Waals surface area contributed by atoms with Gasteiger partial charge in [-0.3, -0.25) is 14.9 Å². The number of nitro benzene ring substituents is 1. The molecular formula is C54H66N8O9S. The Bertz CT molecular complexity index is 2950. The zero-order valence-corrected chi connectivity index (χ0v) is 42.2. The van der Waals surface area contributed by atoms with E-state index in [1.54, 1.807) is 6.07 Å². The second kappa shape index (κ2) is 19.1. The number of nitrogens with one attached hydrogen (secondary N) is 3. The quantitative estimate of drug-likeness (QED) is 0.0683. The van der Waals surface area contributed by atoms with Gasteiger partial charge in [0.2, 0.25) is 5.88 Å². The number of fused-ring (bicyclic) bond motifs is 3. The fraction of sp³-hybridized carbons (Fsp3) is 0.519. The first-order chi connectivity index (χ1) is 34.6. The number of carbonyl (C=O) groups excluding carboxylic acids is 1. The molecule has 2 aromatic heterocycles. The van der Waals surface area contributed by atoms with Gasteiger partial charge in [-0.15, -0.1) is 0 Å². The van der Waals surface area contributed by atoms with Crippen LogP contribution in [0.4, 0.5) is 34.1 Å². The molecule has 3 saturated heterocycles. The SMILES string of the molecule is CC(C)c1ccccc1N1CCOC[C@H]1C1CC2(CCN(c3ccc(C(=O)NS(=O)(=O)c4ccc(NC[C@H]5CC[C@](C)(O)CC5)c([N+](=O)[O-])c4)c(N4c5cc6cc[nH]c6nc5O[C@H]5COCC[C@@H]54)c3)CC2)C1. The molecule has 11 rings (SSSR count). The number of ether oxygens (including phenoxy) is 3. The Morgan fingerprint density at radius 3 is 2.47 bits per heavy atom. The summed E-state index contributed by atoms with van der Waals surface area (Å²) in [5, 5.41) is 26.8. The van der Waals surface area contributed by atoms with Crippen molar-refractivity contribution in [3.63, 3.8) is 0 Å². The van der Waals surface area contributed by atoms with Gasteiger partial charge in [0.25, 0.3) is 21.6 Å². The van der Waals surface area contributed by atoms with E-state index in [1.807, 2.05) is 37.4 Å². The molecule has 4 N–H and O–H groups in total. The van der Waals surface area contributed by atoms with Crippen LogP contribution in [0.25, 0.3) is 11.0 Å². The average Bonchev–Trinajstić information content (AvgIpc) is 3.83. The summed E-state index contributed by atoms with van der Waals surface area (Å²) in [5.41, 5.74) is 4.81. The lowest BCUT2D eigenvalue weighted by Crippen LogP contribution is -2.57. The van der Waals surface area contributed by atoms with Gasteiger partial charge in [-0.25, -0.2) is 13.1 Å². The number of nitro groups is 1. The summed E-state index contributed by atoms with van der Waals surface area (Å²) in [4.78, 5) is 41.1. The fourth-order valence-corrected chi connectivity index (χ4v) is 13.5. The Kier molecular flexibility index (Phi) is 12.9. The number of aliphatic hydroxyl groups is 1. The molecule has 4 aliphatic heterocycles. The van der Waals surface area contributed by atoms with Crippen LogP contribution >= 0.6 is 0 Å². The number of amides is 1. The minimum atomic E-state index is -4.62. The van der Waals surface area contributed by atoms with Crippen LogP contribution in [0, 0.1) is 27.4 Å². The molecule has 3 aromatic carbocycles. The van der Waals surface area contributed by atoms with Crippen LogP contribution in [-0.4, -0.2) is 111 Å². The molecule has 0 radical (unpaired) electrons. The topological polar surface area (TPSA) is 205 Å². The number of anilines is 5. The number of hydrogen-bond acceptors (Lipinski definition) is 14. The predicted octanol–water partition coefficient (Wildman–Crippen LogP) is 8.66. The Balaban J connectivity index is 0.864. The Morgan fingerprint density at radius 2 is 1.69 bits per heavy atom. The summed E-state index contributed by atoms with van der Waals surface area (Å²) in [6.45, 7) is 11.6. The number of piperidine rings is 1. The lowest BCUT2D eigenvalue weighted by Gasteiger charge is -2.57. The van der Waals surface area contributed by atoms with Crippen molar-refractivity contribution in [1.82, 2.24) is 14.7 Å². The molecule has 5 fully saturated rings. The minimum absolute atomic E-state index is 0.113. The highest BCUT2D eigenvalue weighted by atomic mass is 32.2. The van der Waals surface area contributed by atoms with E-state index < -0.39 is 43.1 Å². The van der Waals surface area contributed by atoms with Crippen molar-refractivity contribution in [2.75, 3.05) is 72.6 Å². The molecule has 6 aliphatic rings. The number of nitrogens with zero attached hydrogens (tertiary/aromatic N) is 5. The highest BCUT2D eigenvalue weighted by molar-refractivity contribution is 7.90. The van der Waals surface area contributed by atoms with E-state index >= 15 is 0 Å². The highest BCUT2D eigenvalue weighted by Gasteiger charge is 2.50. The number of hydrogen-bond donors (Lipinski definition) is 4. The molecule has 18 heteroatoms. The molecule has 382 valence electrons. The summed E-state index contributed by atoms with van der Waals surface area (Å²) in [6.07, 6.45) is 9.10. The first kappa shape index (κ1) is 48.3. The van der Waals surface area contributed by atoms with E-state index in [4.69, 9.17) is 19.2 Å². The van der Waals surface area contributed by atoms with Crippen LogP contribution < -0.4 is 29.5 Å². The number of morpholine rings is 1. The van der Waals surface area contributed by atoms with Gasteiger partial charge in [-0.1, -0.05) is 32.0 Å². The number of aromatic nitrogens is 2. The Morgan fingerprint density at radius 1 is 0.917 bits per heavy atom. The summed E-state index contributed by atoms with van der Waals surface area (Å²) < 4.78 is 49.2. The molecular weight excluding hydrogens is 937 g/mol. The van der Waals surface area contributed by atoms with E-state index in [0.717, 1.165) is 88.5 Å². The van der Waals surface area contributed by atoms with Gasteiger partial charge in [0.1, 0.15) is 23.1 Å². The van der Waals surface area contributed by atoms with Gasteiger partial charge in [-0.2, -0.15) is 4.98 Å². The maximum absolute atomic E-state index is 14.7. The molecule has 0 bridgehead atoms. The third-order valence-electron chi connectivity index (χ3n) is 16.7. The lowest BCUT2D eigenvalue weighted by molar-refractivity contribution is -0.384. The van der Waals surface area contributed by atoms with Crippen molar-refractivity contribution in [2.24, 2.45) is 17.3 Å². The molecule has 1 spiro atoms. The van der Waals surface area contributed by atoms with Crippen molar-refractivity contribution < 1.29 is 37.5 Å². The average molecular weight is 1000 g/mol. The zero-order chi connectivity index (χ0) is 49.9. The molecule has 6 heterocycles. The molecule has 3 atom stereocenters. The number of sulfonamides is 1. The normalized spacial score (nSPS) is 25.4. The third-order valence-corrected chi connectivity index (χ3v) is 18.0. The summed E-state index contributed by atoms with van der Waals surface area (Å²) in [7, 11) is -4.62. The van der Waals surface area contributed by atoms with Gasteiger partial charge >= 0.3 is 0 Å². The first-order valence-corrected chi connectivity index (χ1v) is 27.3. The van der Waals surface area contributed by atoms with Gasteiger partial charge in [-0.05, 0) is 142 Å². The summed E-state index contributed by atoms with van der Waals surface area (Å²) in [5.74, 6) is 0.655. The first-order valence-electron chi connectivity index (χ1n) is 25.8.